The van der Waals surface area contributed by atoms with E-state index in [4.69, 9.17) is 10.2 Å². The van der Waals surface area contributed by atoms with Gasteiger partial charge in [0.05, 0.1) is 30.4 Å². The molecule has 3 unspecified atom stereocenters. The van der Waals surface area contributed by atoms with E-state index in [2.05, 4.69) is 9.80 Å². The summed E-state index contributed by atoms with van der Waals surface area (Å²) in [7, 11) is 6.89. The summed E-state index contributed by atoms with van der Waals surface area (Å²) in [6.45, 7) is 4.59. The van der Waals surface area contributed by atoms with Crippen LogP contribution in [0.25, 0.3) is 11.3 Å². The Bertz CT molecular complexity index is 1660. The maximum Gasteiger partial charge on any atom is 0.230 e. The molecule has 48 heavy (non-hydrogen) atoms. The van der Waals surface area contributed by atoms with Crippen LogP contribution in [0.1, 0.15) is 28.1 Å². The van der Waals surface area contributed by atoms with Crippen molar-refractivity contribution < 1.29 is 44.3 Å². The lowest BCUT2D eigenvalue weighted by Crippen LogP contribution is -2.71. The number of Topliss-reactive ketones (excluding diaryl/α,β-unsaturated/α-hetero) is 2. The highest BCUT2D eigenvalue weighted by Gasteiger charge is 2.66. The summed E-state index contributed by atoms with van der Waals surface area (Å²) in [5, 5.41) is 55.6. The topological polar surface area (TPSA) is 204 Å². The number of piperazine rings is 1. The quantitative estimate of drug-likeness (QED) is 0.201. The molecule has 4 aliphatic rings. The van der Waals surface area contributed by atoms with Crippen LogP contribution in [0.3, 0.4) is 0 Å². The number of nitrogens with zero attached hydrogens (tertiary/aromatic N) is 4. The fourth-order valence-electron chi connectivity index (χ4n) is 8.38. The number of fused-ring (bicyclic) bond motifs is 3. The minimum Gasteiger partial charge on any atom is -0.508 e. The number of aromatic hydroxyl groups is 1. The van der Waals surface area contributed by atoms with Crippen LogP contribution in [-0.2, 0) is 22.6 Å². The Kier molecular flexibility index (Phi) is 8.94. The highest BCUT2D eigenvalue weighted by atomic mass is 16.4. The van der Waals surface area contributed by atoms with Crippen LogP contribution < -0.4 is 10.6 Å². The lowest BCUT2D eigenvalue weighted by molar-refractivity contribution is -0.178. The number of anilines is 1. The fourth-order valence-corrected chi connectivity index (χ4v) is 8.38. The molecular weight excluding hydrogens is 622 g/mol. The smallest absolute Gasteiger partial charge is 0.230 e. The summed E-state index contributed by atoms with van der Waals surface area (Å²) >= 11 is 0. The Labute approximate surface area is 278 Å². The SMILES string of the molecule is CN(C)c1cc(-c2ccc(CN3CCN(CCO)CC3)o2)c(O)c2c1C[C@H]1C[C@H]3C(N(C)C)C(O)C(C(N)=O)C(=O)[C@@]3(O)C(O)=C1C2=O. The number of amides is 1. The molecule has 7 N–H and O–H groups in total. The van der Waals surface area contributed by atoms with E-state index in [0.717, 1.165) is 26.2 Å². The monoisotopic (exact) mass is 667 g/mol. The zero-order chi connectivity index (χ0) is 34.8. The summed E-state index contributed by atoms with van der Waals surface area (Å²) in [5.74, 6) is -6.75. The van der Waals surface area contributed by atoms with Gasteiger partial charge in [-0.25, -0.2) is 0 Å². The number of primary amides is 1. The number of phenolic OH excluding ortho intramolecular Hbond substituents is 1. The second-order valence-corrected chi connectivity index (χ2v) is 13.9. The Balaban J connectivity index is 1.39. The number of phenols is 1. The third kappa shape index (κ3) is 5.31. The van der Waals surface area contributed by atoms with Gasteiger partial charge in [0.2, 0.25) is 5.91 Å². The van der Waals surface area contributed by atoms with E-state index in [9.17, 15) is 39.9 Å². The van der Waals surface area contributed by atoms with Gasteiger partial charge in [-0.05, 0) is 56.6 Å². The lowest BCUT2D eigenvalue weighted by atomic mass is 9.56. The lowest BCUT2D eigenvalue weighted by Gasteiger charge is -2.53. The van der Waals surface area contributed by atoms with Gasteiger partial charge in [-0.2, -0.15) is 0 Å². The van der Waals surface area contributed by atoms with E-state index in [1.54, 1.807) is 31.1 Å². The van der Waals surface area contributed by atoms with Gasteiger partial charge in [-0.1, -0.05) is 0 Å². The van der Waals surface area contributed by atoms with Crippen LogP contribution >= 0.6 is 0 Å². The van der Waals surface area contributed by atoms with Crippen LogP contribution in [0.15, 0.2) is 33.9 Å². The third-order valence-corrected chi connectivity index (χ3v) is 10.7. The van der Waals surface area contributed by atoms with Crippen molar-refractivity contribution in [2.75, 3.05) is 72.4 Å². The molecule has 2 fully saturated rings. The van der Waals surface area contributed by atoms with Crippen molar-refractivity contribution >= 4 is 23.2 Å². The largest absolute Gasteiger partial charge is 0.508 e. The molecule has 0 bridgehead atoms. The zero-order valence-corrected chi connectivity index (χ0v) is 27.7. The van der Waals surface area contributed by atoms with Gasteiger partial charge < -0.3 is 45.5 Å². The number of nitrogens with two attached hydrogens (primary N) is 1. The molecular formula is C34H45N5O9. The van der Waals surface area contributed by atoms with Crippen LogP contribution in [0, 0.1) is 17.8 Å². The van der Waals surface area contributed by atoms with Crippen molar-refractivity contribution in [1.29, 1.82) is 0 Å². The van der Waals surface area contributed by atoms with E-state index in [1.807, 2.05) is 25.1 Å². The summed E-state index contributed by atoms with van der Waals surface area (Å²) in [6, 6.07) is 4.38. The molecule has 1 aliphatic heterocycles. The Hall–Kier alpha value is -3.79. The molecule has 6 rings (SSSR count). The van der Waals surface area contributed by atoms with Crippen LogP contribution in [0.5, 0.6) is 5.75 Å². The van der Waals surface area contributed by atoms with Crippen LogP contribution in [0.2, 0.25) is 0 Å². The number of aliphatic hydroxyl groups is 4. The molecule has 3 aliphatic carbocycles. The van der Waals surface area contributed by atoms with Gasteiger partial charge >= 0.3 is 0 Å². The maximum atomic E-state index is 14.4. The molecule has 2 heterocycles. The number of hydrogen-bond acceptors (Lipinski definition) is 13. The Morgan fingerprint density at radius 1 is 1.08 bits per heavy atom. The van der Waals surface area contributed by atoms with Gasteiger partial charge in [0.15, 0.2) is 17.2 Å². The summed E-state index contributed by atoms with van der Waals surface area (Å²) in [4.78, 5) is 48.2. The van der Waals surface area contributed by atoms with Crippen molar-refractivity contribution in [2.45, 2.75) is 37.1 Å². The van der Waals surface area contributed by atoms with E-state index >= 15 is 0 Å². The molecule has 0 radical (unpaired) electrons. The number of furan rings is 1. The standard InChI is InChI=1S/C34H45N5O9/c1-36(2)22-15-20(23-6-5-18(48-23)16-39-9-7-38(8-10-39)11-12-40)28(41)25-19(22)13-17-14-21-27(37(3)4)30(43)26(33(35)46)32(45)34(21,47)31(44)24(17)29(25)42/h5-6,15,17,21,26-27,30,40-41,43-44,47H,7-14,16H2,1-4H3,(H2,35,46)/t17-,21-,26?,27?,30?,34-/m0/s1. The maximum absolute atomic E-state index is 14.4. The number of allylic oxidation sites excluding steroid dienone is 1. The summed E-state index contributed by atoms with van der Waals surface area (Å²) < 4.78 is 6.19. The second kappa shape index (κ2) is 12.6. The van der Waals surface area contributed by atoms with Crippen molar-refractivity contribution in [1.82, 2.24) is 14.7 Å². The normalized spacial score (nSPS) is 29.5. The molecule has 0 spiro atoms. The highest BCUT2D eigenvalue weighted by molar-refractivity contribution is 6.17. The van der Waals surface area contributed by atoms with Crippen molar-refractivity contribution in [2.24, 2.45) is 23.5 Å². The van der Waals surface area contributed by atoms with Crippen molar-refractivity contribution in [3.8, 4) is 17.1 Å². The van der Waals surface area contributed by atoms with Crippen molar-refractivity contribution in [3.63, 3.8) is 0 Å². The molecule has 1 amide bonds. The Morgan fingerprint density at radius 2 is 1.75 bits per heavy atom. The number of likely N-dealkylation sites (N-methyl/N-ethyl adjacent to an activating group) is 1. The number of carbonyl (C=O) groups is 3. The summed E-state index contributed by atoms with van der Waals surface area (Å²) in [6.07, 6.45) is -1.29. The molecule has 1 saturated heterocycles. The number of rotatable bonds is 8. The first-order chi connectivity index (χ1) is 22.7. The third-order valence-electron chi connectivity index (χ3n) is 10.7. The summed E-state index contributed by atoms with van der Waals surface area (Å²) in [5.41, 5.74) is 4.05. The van der Waals surface area contributed by atoms with Gasteiger partial charge in [0, 0.05) is 70.0 Å². The number of β-amino-alcohol motifs (C(OH)–C–C–N with tert-alkyl or cyclic N) is 1. The molecule has 2 aromatic rings. The zero-order valence-electron chi connectivity index (χ0n) is 27.7. The van der Waals surface area contributed by atoms with Crippen molar-refractivity contribution in [3.05, 3.63) is 46.4 Å². The number of carbonyl (C=O) groups excluding carboxylic acids is 3. The number of aliphatic hydroxyl groups excluding tert-OH is 3. The predicted molar refractivity (Wildman–Crippen MR) is 174 cm³/mol. The molecule has 14 nitrogen and oxygen atoms in total. The van der Waals surface area contributed by atoms with Crippen LogP contribution in [-0.4, -0.2) is 143 Å². The van der Waals surface area contributed by atoms with Crippen LogP contribution in [0.4, 0.5) is 5.69 Å². The van der Waals surface area contributed by atoms with E-state index in [1.165, 1.54) is 0 Å². The average Bonchev–Trinajstić information content (AvgIpc) is 3.47. The minimum atomic E-state index is -2.65. The van der Waals surface area contributed by atoms with E-state index in [-0.39, 0.29) is 41.9 Å². The molecule has 14 heteroatoms. The van der Waals surface area contributed by atoms with Gasteiger partial charge in [-0.15, -0.1) is 0 Å². The van der Waals surface area contributed by atoms with Gasteiger partial charge in [-0.3, -0.25) is 24.2 Å². The number of ketones is 2. The number of hydrogen-bond donors (Lipinski definition) is 6. The minimum absolute atomic E-state index is 0.0450. The van der Waals surface area contributed by atoms with E-state index < -0.39 is 58.7 Å². The van der Waals surface area contributed by atoms with Gasteiger partial charge in [0.25, 0.3) is 0 Å². The predicted octanol–water partition coefficient (Wildman–Crippen LogP) is -0.278. The molecule has 6 atom stereocenters. The first-order valence-corrected chi connectivity index (χ1v) is 16.3. The first-order valence-electron chi connectivity index (χ1n) is 16.3. The Morgan fingerprint density at radius 3 is 2.35 bits per heavy atom. The molecule has 260 valence electrons. The van der Waals surface area contributed by atoms with E-state index in [0.29, 0.717) is 35.9 Å². The molecule has 1 aromatic carbocycles. The molecule has 1 saturated carbocycles. The number of benzene rings is 1. The highest BCUT2D eigenvalue weighted by Crippen LogP contribution is 2.54. The first kappa shape index (κ1) is 34.1. The second-order valence-electron chi connectivity index (χ2n) is 13.9. The fraction of sp³-hybridized carbons (Fsp3) is 0.559. The van der Waals surface area contributed by atoms with Gasteiger partial charge in [0.1, 0.15) is 28.9 Å². The molecule has 1 aromatic heterocycles. The average molecular weight is 668 g/mol.